The van der Waals surface area contributed by atoms with Gasteiger partial charge in [0.2, 0.25) is 17.7 Å². The molecule has 14 N–H and O–H groups in total. The number of carbonyl (C=O) groups excluding carboxylic acids is 3. The standard InChI is InChI=1S/C26H44N10O5S/c1-42-14-11-20(24(40)41)36-23(39)19(10-6-13-33-26(30)31)35-22(38)18(9-5-12-32-25(28)29)34-21(37)17(27)15-16-7-3-2-4-8-16/h2-4,7-8,17-20H,5-6,9-15,27H2,1H3,(H,34,37)(H,35,38)(H,36,39)(H,40,41)(H4,28,29,32)(H4,30,31,33). The molecule has 0 aliphatic heterocycles. The second-order valence-corrected chi connectivity index (χ2v) is 10.5. The summed E-state index contributed by atoms with van der Waals surface area (Å²) in [5, 5.41) is 17.4. The largest absolute Gasteiger partial charge is 0.480 e. The Morgan fingerprint density at radius 3 is 1.71 bits per heavy atom. The van der Waals surface area contributed by atoms with Crippen LogP contribution in [0.1, 0.15) is 37.7 Å². The van der Waals surface area contributed by atoms with Gasteiger partial charge >= 0.3 is 5.97 Å². The molecule has 0 aliphatic rings. The van der Waals surface area contributed by atoms with Gasteiger partial charge in [0.1, 0.15) is 18.1 Å². The Hall–Kier alpha value is -4.05. The van der Waals surface area contributed by atoms with E-state index in [4.69, 9.17) is 28.7 Å². The highest BCUT2D eigenvalue weighted by Crippen LogP contribution is 2.08. The minimum absolute atomic E-state index is 0.103. The van der Waals surface area contributed by atoms with Crippen molar-refractivity contribution in [3.63, 3.8) is 0 Å². The minimum atomic E-state index is -1.19. The van der Waals surface area contributed by atoms with Gasteiger partial charge in [-0.25, -0.2) is 4.79 Å². The van der Waals surface area contributed by atoms with E-state index in [0.717, 1.165) is 5.56 Å². The van der Waals surface area contributed by atoms with E-state index in [9.17, 15) is 24.3 Å². The molecule has 0 bridgehead atoms. The summed E-state index contributed by atoms with van der Waals surface area (Å²) in [6, 6.07) is 4.88. The van der Waals surface area contributed by atoms with Crippen LogP contribution >= 0.6 is 11.8 Å². The number of hydrogen-bond acceptors (Lipinski definition) is 8. The fourth-order valence-corrected chi connectivity index (χ4v) is 4.29. The summed E-state index contributed by atoms with van der Waals surface area (Å²) in [5.41, 5.74) is 28.5. The summed E-state index contributed by atoms with van der Waals surface area (Å²) in [4.78, 5) is 59.0. The van der Waals surface area contributed by atoms with E-state index >= 15 is 0 Å². The Labute approximate surface area is 249 Å². The van der Waals surface area contributed by atoms with Gasteiger partial charge in [-0.15, -0.1) is 0 Å². The van der Waals surface area contributed by atoms with Gasteiger partial charge in [0.05, 0.1) is 6.04 Å². The molecule has 16 heteroatoms. The van der Waals surface area contributed by atoms with Crippen molar-refractivity contribution in [2.24, 2.45) is 38.7 Å². The summed E-state index contributed by atoms with van der Waals surface area (Å²) < 4.78 is 0. The van der Waals surface area contributed by atoms with Crippen molar-refractivity contribution in [3.05, 3.63) is 35.9 Å². The van der Waals surface area contributed by atoms with Crippen molar-refractivity contribution < 1.29 is 24.3 Å². The number of carbonyl (C=O) groups is 4. The highest BCUT2D eigenvalue weighted by Gasteiger charge is 2.30. The number of carboxylic acid groups (broad SMARTS) is 1. The molecular formula is C26H44N10O5S. The quantitative estimate of drug-likeness (QED) is 0.0441. The molecule has 4 atom stereocenters. The van der Waals surface area contributed by atoms with E-state index in [1.165, 1.54) is 11.8 Å². The first-order chi connectivity index (χ1) is 19.9. The number of guanidine groups is 2. The van der Waals surface area contributed by atoms with Crippen LogP contribution in [0.5, 0.6) is 0 Å². The van der Waals surface area contributed by atoms with Crippen LogP contribution < -0.4 is 44.6 Å². The lowest BCUT2D eigenvalue weighted by Gasteiger charge is -2.25. The van der Waals surface area contributed by atoms with E-state index in [1.54, 1.807) is 0 Å². The first-order valence-corrected chi connectivity index (χ1v) is 14.9. The molecular weight excluding hydrogens is 564 g/mol. The summed E-state index contributed by atoms with van der Waals surface area (Å²) in [5.74, 6) is -2.83. The van der Waals surface area contributed by atoms with Gasteiger partial charge in [0, 0.05) is 13.1 Å². The van der Waals surface area contributed by atoms with Crippen LogP contribution in [0.25, 0.3) is 0 Å². The van der Waals surface area contributed by atoms with Gasteiger partial charge in [0.15, 0.2) is 11.9 Å². The molecule has 0 radical (unpaired) electrons. The zero-order valence-electron chi connectivity index (χ0n) is 23.8. The van der Waals surface area contributed by atoms with Crippen molar-refractivity contribution in [2.75, 3.05) is 25.1 Å². The lowest BCUT2D eigenvalue weighted by atomic mass is 10.0. The maximum Gasteiger partial charge on any atom is 0.326 e. The lowest BCUT2D eigenvalue weighted by Crippen LogP contribution is -2.57. The van der Waals surface area contributed by atoms with E-state index in [2.05, 4.69) is 25.9 Å². The summed E-state index contributed by atoms with van der Waals surface area (Å²) in [6.07, 6.45) is 3.15. The molecule has 234 valence electrons. The Bertz CT molecular complexity index is 1060. The molecule has 0 heterocycles. The molecule has 42 heavy (non-hydrogen) atoms. The number of amides is 3. The molecule has 0 fully saturated rings. The fraction of sp³-hybridized carbons (Fsp3) is 0.538. The van der Waals surface area contributed by atoms with Crippen LogP contribution in [0.4, 0.5) is 0 Å². The average Bonchev–Trinajstić information content (AvgIpc) is 2.93. The summed E-state index contributed by atoms with van der Waals surface area (Å²) in [6.45, 7) is 0.389. The molecule has 1 aromatic rings. The highest BCUT2D eigenvalue weighted by atomic mass is 32.2. The predicted molar refractivity (Wildman–Crippen MR) is 164 cm³/mol. The topological polar surface area (TPSA) is 279 Å². The first kappa shape index (κ1) is 36.0. The van der Waals surface area contributed by atoms with Gasteiger partial charge in [-0.3, -0.25) is 24.4 Å². The van der Waals surface area contributed by atoms with Gasteiger partial charge in [-0.2, -0.15) is 11.8 Å². The Morgan fingerprint density at radius 2 is 1.26 bits per heavy atom. The molecule has 1 rings (SSSR count). The maximum absolute atomic E-state index is 13.4. The maximum atomic E-state index is 13.4. The third kappa shape index (κ3) is 15.1. The van der Waals surface area contributed by atoms with E-state index in [-0.39, 0.29) is 50.7 Å². The summed E-state index contributed by atoms with van der Waals surface area (Å²) in [7, 11) is 0. The molecule has 0 saturated heterocycles. The number of nitrogens with zero attached hydrogens (tertiary/aromatic N) is 2. The number of aliphatic imine (C=N–C) groups is 2. The molecule has 0 spiro atoms. The number of thioether (sulfide) groups is 1. The Kier molecular flexibility index (Phi) is 17.1. The molecule has 0 saturated carbocycles. The van der Waals surface area contributed by atoms with Gasteiger partial charge < -0.3 is 49.7 Å². The third-order valence-corrected chi connectivity index (χ3v) is 6.66. The van der Waals surface area contributed by atoms with Crippen LogP contribution in [0, 0.1) is 0 Å². The third-order valence-electron chi connectivity index (χ3n) is 6.02. The van der Waals surface area contributed by atoms with Crippen LogP contribution in [0.15, 0.2) is 40.3 Å². The fourth-order valence-electron chi connectivity index (χ4n) is 3.82. The van der Waals surface area contributed by atoms with Crippen LogP contribution in [-0.4, -0.2) is 90.0 Å². The molecule has 3 amide bonds. The molecule has 4 unspecified atom stereocenters. The molecule has 0 aromatic heterocycles. The number of nitrogens with one attached hydrogen (secondary N) is 3. The van der Waals surface area contributed by atoms with Crippen molar-refractivity contribution in [2.45, 2.75) is 62.7 Å². The highest BCUT2D eigenvalue weighted by molar-refractivity contribution is 7.98. The Balaban J connectivity index is 3.08. The number of hydrogen-bond donors (Lipinski definition) is 9. The first-order valence-electron chi connectivity index (χ1n) is 13.5. The number of rotatable bonds is 20. The smallest absolute Gasteiger partial charge is 0.326 e. The van der Waals surface area contributed by atoms with Gasteiger partial charge in [-0.1, -0.05) is 30.3 Å². The van der Waals surface area contributed by atoms with Crippen LogP contribution in [-0.2, 0) is 25.6 Å². The van der Waals surface area contributed by atoms with Crippen LogP contribution in [0.3, 0.4) is 0 Å². The van der Waals surface area contributed by atoms with Crippen molar-refractivity contribution in [3.8, 4) is 0 Å². The molecule has 0 aliphatic carbocycles. The summed E-state index contributed by atoms with van der Waals surface area (Å²) >= 11 is 1.44. The molecule has 15 nitrogen and oxygen atoms in total. The van der Waals surface area contributed by atoms with E-state index in [1.807, 2.05) is 36.6 Å². The monoisotopic (exact) mass is 608 g/mol. The zero-order valence-corrected chi connectivity index (χ0v) is 24.6. The van der Waals surface area contributed by atoms with Crippen LogP contribution in [0.2, 0.25) is 0 Å². The van der Waals surface area contributed by atoms with E-state index in [0.29, 0.717) is 18.6 Å². The average molecular weight is 609 g/mol. The zero-order chi connectivity index (χ0) is 31.5. The molecule has 1 aromatic carbocycles. The second-order valence-electron chi connectivity index (χ2n) is 9.50. The van der Waals surface area contributed by atoms with Gasteiger partial charge in [0.25, 0.3) is 0 Å². The predicted octanol–water partition coefficient (Wildman–Crippen LogP) is -2.04. The normalized spacial score (nSPS) is 13.5. The minimum Gasteiger partial charge on any atom is -0.480 e. The van der Waals surface area contributed by atoms with Crippen molar-refractivity contribution in [1.82, 2.24) is 16.0 Å². The number of aliphatic carboxylic acids is 1. The number of nitrogens with two attached hydrogens (primary N) is 5. The second kappa shape index (κ2) is 19.9. The SMILES string of the molecule is CSCCC(NC(=O)C(CCCN=C(N)N)NC(=O)C(CCCN=C(N)N)NC(=O)C(N)Cc1ccccc1)C(=O)O. The van der Waals surface area contributed by atoms with E-state index < -0.39 is 47.9 Å². The van der Waals surface area contributed by atoms with Crippen molar-refractivity contribution >= 4 is 47.4 Å². The van der Waals surface area contributed by atoms with Crippen molar-refractivity contribution in [1.29, 1.82) is 0 Å². The lowest BCUT2D eigenvalue weighted by molar-refractivity contribution is -0.142. The van der Waals surface area contributed by atoms with Gasteiger partial charge in [-0.05, 0) is 56.1 Å². The number of carboxylic acids is 1. The number of benzene rings is 1. The Morgan fingerprint density at radius 1 is 0.786 bits per heavy atom.